The Bertz CT molecular complexity index is 1340. The van der Waals surface area contributed by atoms with E-state index in [0.717, 1.165) is 6.42 Å². The Kier molecular flexibility index (Phi) is 11.6. The highest BCUT2D eigenvalue weighted by molar-refractivity contribution is 5.95. The number of carbonyl (C=O) groups is 3. The third kappa shape index (κ3) is 8.38. The van der Waals surface area contributed by atoms with Crippen LogP contribution in [0.1, 0.15) is 58.2 Å². The lowest BCUT2D eigenvalue weighted by atomic mass is 9.95. The first kappa shape index (κ1) is 31.8. The van der Waals surface area contributed by atoms with Gasteiger partial charge in [-0.15, -0.1) is 0 Å². The number of hydrogen-bond donors (Lipinski definition) is 3. The van der Waals surface area contributed by atoms with Crippen molar-refractivity contribution in [3.05, 3.63) is 58.8 Å². The number of nitrogens with one attached hydrogen (secondary N) is 3. The largest absolute Gasteiger partial charge is 0.493 e. The van der Waals surface area contributed by atoms with Gasteiger partial charge in [-0.25, -0.2) is 15.0 Å². The molecule has 1 aliphatic rings. The van der Waals surface area contributed by atoms with Crippen LogP contribution in [-0.4, -0.2) is 57.2 Å². The molecule has 2 atom stereocenters. The van der Waals surface area contributed by atoms with Gasteiger partial charge in [0.1, 0.15) is 0 Å². The third-order valence-corrected chi connectivity index (χ3v) is 6.22. The summed E-state index contributed by atoms with van der Waals surface area (Å²) in [5.41, 5.74) is 4.38. The van der Waals surface area contributed by atoms with E-state index in [0.29, 0.717) is 40.7 Å². The maximum atomic E-state index is 12.6. The van der Waals surface area contributed by atoms with Crippen molar-refractivity contribution in [2.24, 2.45) is 5.10 Å². The van der Waals surface area contributed by atoms with Crippen LogP contribution in [0.4, 0.5) is 4.79 Å². The van der Waals surface area contributed by atoms with Crippen LogP contribution in [0.15, 0.2) is 52.8 Å². The number of benzene rings is 2. The summed E-state index contributed by atoms with van der Waals surface area (Å²) in [6, 6.07) is 9.07. The number of rotatable bonds is 14. The lowest BCUT2D eigenvalue weighted by Gasteiger charge is -2.28. The van der Waals surface area contributed by atoms with Gasteiger partial charge in [0.25, 0.3) is 5.91 Å². The van der Waals surface area contributed by atoms with E-state index in [2.05, 4.69) is 21.2 Å². The maximum Gasteiger partial charge on any atom is 0.338 e. The molecule has 0 saturated carbocycles. The molecule has 0 spiro atoms. The molecule has 2 aromatic carbocycles. The summed E-state index contributed by atoms with van der Waals surface area (Å²) in [5.74, 6) is 0.793. The Morgan fingerprint density at radius 3 is 2.48 bits per heavy atom. The molecule has 1 aliphatic heterocycles. The quantitative estimate of drug-likeness (QED) is 0.172. The molecule has 0 aromatic heterocycles. The van der Waals surface area contributed by atoms with Gasteiger partial charge in [-0.2, -0.15) is 5.10 Å². The molecule has 0 fully saturated rings. The summed E-state index contributed by atoms with van der Waals surface area (Å²) >= 11 is 0. The Hall–Kier alpha value is -4.74. The van der Waals surface area contributed by atoms with E-state index in [4.69, 9.17) is 23.7 Å². The fourth-order valence-corrected chi connectivity index (χ4v) is 4.03. The molecule has 2 aromatic rings. The van der Waals surface area contributed by atoms with Crippen LogP contribution in [-0.2, 0) is 14.3 Å². The number of allylic oxidation sites excluding steroid dienone is 1. The second-order valence-corrected chi connectivity index (χ2v) is 9.26. The van der Waals surface area contributed by atoms with Gasteiger partial charge in [-0.1, -0.05) is 13.0 Å². The zero-order valence-corrected chi connectivity index (χ0v) is 24.7. The van der Waals surface area contributed by atoms with Gasteiger partial charge in [0.2, 0.25) is 0 Å². The minimum absolute atomic E-state index is 0.0476. The van der Waals surface area contributed by atoms with Crippen molar-refractivity contribution in [3.63, 3.8) is 0 Å². The Labute approximate surface area is 245 Å². The van der Waals surface area contributed by atoms with E-state index < -0.39 is 23.9 Å². The van der Waals surface area contributed by atoms with Crippen molar-refractivity contribution in [1.82, 2.24) is 16.1 Å². The lowest BCUT2D eigenvalue weighted by molar-refractivity contribution is -0.139. The van der Waals surface area contributed by atoms with E-state index in [1.807, 2.05) is 26.8 Å². The number of ether oxygens (including phenoxy) is 5. The normalized spacial score (nSPS) is 15.4. The standard InChI is InChI=1S/C30H38N4O8/c1-7-18(4)42-23-12-10-20(14-25(23)39-8-2)16-31-34-26(35)17-41-22-13-11-21(15-24(22)38-6)28-27(29(36)40-9-3)19(5)32-30(37)33-28/h10-16,18,28H,7-9,17H2,1-6H3,(H,34,35)(H2,32,33,37)/b31-16-/t18-,28+/m1/s1. The number of hydrogen-bond acceptors (Lipinski definition) is 9. The number of hydrazone groups is 1. The van der Waals surface area contributed by atoms with Crippen LogP contribution < -0.4 is 35.0 Å². The summed E-state index contributed by atoms with van der Waals surface area (Å²) in [7, 11) is 1.44. The lowest BCUT2D eigenvalue weighted by Crippen LogP contribution is -2.45. The average molecular weight is 583 g/mol. The van der Waals surface area contributed by atoms with Crippen LogP contribution in [0.3, 0.4) is 0 Å². The minimum atomic E-state index is -0.766. The Morgan fingerprint density at radius 1 is 1.02 bits per heavy atom. The van der Waals surface area contributed by atoms with Crippen molar-refractivity contribution in [2.45, 2.75) is 53.2 Å². The number of urea groups is 1. The first-order valence-corrected chi connectivity index (χ1v) is 13.7. The highest BCUT2D eigenvalue weighted by atomic mass is 16.5. The topological polar surface area (TPSA) is 146 Å². The van der Waals surface area contributed by atoms with Gasteiger partial charge in [0.15, 0.2) is 29.6 Å². The molecular weight excluding hydrogens is 544 g/mol. The summed E-state index contributed by atoms with van der Waals surface area (Å²) in [6.45, 7) is 9.58. The van der Waals surface area contributed by atoms with Crippen molar-refractivity contribution in [3.8, 4) is 23.0 Å². The zero-order valence-electron chi connectivity index (χ0n) is 24.7. The van der Waals surface area contributed by atoms with E-state index in [1.165, 1.54) is 13.3 Å². The average Bonchev–Trinajstić information content (AvgIpc) is 2.96. The molecule has 0 saturated heterocycles. The smallest absolute Gasteiger partial charge is 0.338 e. The molecule has 3 N–H and O–H groups in total. The zero-order chi connectivity index (χ0) is 30.6. The number of esters is 1. The van der Waals surface area contributed by atoms with Crippen LogP contribution in [0.25, 0.3) is 0 Å². The van der Waals surface area contributed by atoms with Gasteiger partial charge in [0.05, 0.1) is 44.3 Å². The van der Waals surface area contributed by atoms with E-state index >= 15 is 0 Å². The molecule has 0 aliphatic carbocycles. The van der Waals surface area contributed by atoms with E-state index in [9.17, 15) is 14.4 Å². The molecule has 12 nitrogen and oxygen atoms in total. The number of nitrogens with zero attached hydrogens (tertiary/aromatic N) is 1. The minimum Gasteiger partial charge on any atom is -0.493 e. The summed E-state index contributed by atoms with van der Waals surface area (Å²) in [6.07, 6.45) is 2.40. The van der Waals surface area contributed by atoms with Crippen molar-refractivity contribution in [2.75, 3.05) is 26.9 Å². The molecule has 3 amide bonds. The number of amides is 3. The van der Waals surface area contributed by atoms with E-state index in [1.54, 1.807) is 44.2 Å². The number of methoxy groups -OCH3 is 1. The first-order chi connectivity index (χ1) is 20.2. The monoisotopic (exact) mass is 582 g/mol. The molecule has 12 heteroatoms. The predicted molar refractivity (Wildman–Crippen MR) is 156 cm³/mol. The van der Waals surface area contributed by atoms with Crippen LogP contribution in [0.5, 0.6) is 23.0 Å². The highest BCUT2D eigenvalue weighted by Crippen LogP contribution is 2.34. The molecule has 0 radical (unpaired) electrons. The summed E-state index contributed by atoms with van der Waals surface area (Å²) < 4.78 is 27.9. The highest BCUT2D eigenvalue weighted by Gasteiger charge is 2.32. The Balaban J connectivity index is 1.65. The molecule has 0 unspecified atom stereocenters. The van der Waals surface area contributed by atoms with Crippen LogP contribution >= 0.6 is 0 Å². The predicted octanol–water partition coefficient (Wildman–Crippen LogP) is 3.99. The van der Waals surface area contributed by atoms with Crippen LogP contribution in [0, 0.1) is 0 Å². The molecule has 3 rings (SSSR count). The van der Waals surface area contributed by atoms with Crippen molar-refractivity contribution >= 4 is 24.1 Å². The van der Waals surface area contributed by atoms with Gasteiger partial charge in [-0.3, -0.25) is 4.79 Å². The molecule has 1 heterocycles. The Morgan fingerprint density at radius 2 is 1.79 bits per heavy atom. The SMILES string of the molecule is CCOC(=O)C1=C(C)NC(=O)N[C@H]1c1ccc(OCC(=O)N/N=C\c2ccc(O[C@H](C)CC)c(OCC)c2)c(OC)c1. The second kappa shape index (κ2) is 15.3. The first-order valence-electron chi connectivity index (χ1n) is 13.7. The van der Waals surface area contributed by atoms with Gasteiger partial charge in [0, 0.05) is 5.70 Å². The maximum absolute atomic E-state index is 12.6. The third-order valence-electron chi connectivity index (χ3n) is 6.22. The number of carbonyl (C=O) groups excluding carboxylic acids is 3. The fraction of sp³-hybridized carbons (Fsp3) is 0.400. The van der Waals surface area contributed by atoms with Gasteiger partial charge < -0.3 is 34.3 Å². The summed E-state index contributed by atoms with van der Waals surface area (Å²) in [4.78, 5) is 37.1. The fourth-order valence-electron chi connectivity index (χ4n) is 4.03. The van der Waals surface area contributed by atoms with Gasteiger partial charge >= 0.3 is 12.0 Å². The van der Waals surface area contributed by atoms with Crippen LogP contribution in [0.2, 0.25) is 0 Å². The van der Waals surface area contributed by atoms with Crippen molar-refractivity contribution < 1.29 is 38.1 Å². The second-order valence-electron chi connectivity index (χ2n) is 9.26. The molecule has 0 bridgehead atoms. The van der Waals surface area contributed by atoms with Crippen molar-refractivity contribution in [1.29, 1.82) is 0 Å². The summed E-state index contributed by atoms with van der Waals surface area (Å²) in [5, 5.41) is 9.33. The molecular formula is C30H38N4O8. The van der Waals surface area contributed by atoms with Gasteiger partial charge in [-0.05, 0) is 75.6 Å². The molecule has 42 heavy (non-hydrogen) atoms. The molecule has 226 valence electrons. The van der Waals surface area contributed by atoms with E-state index in [-0.39, 0.29) is 30.6 Å².